The average Bonchev–Trinajstić information content (AvgIpc) is 2.46. The molecule has 0 unspecified atom stereocenters. The van der Waals surface area contributed by atoms with Crippen LogP contribution in [0.5, 0.6) is 0 Å². The van der Waals surface area contributed by atoms with Crippen LogP contribution in [0, 0.1) is 0 Å². The molecule has 1 aromatic carbocycles. The predicted molar refractivity (Wildman–Crippen MR) is 84.7 cm³/mol. The number of hydrazone groups is 1. The molecule has 1 aromatic rings. The summed E-state index contributed by atoms with van der Waals surface area (Å²) >= 11 is 0. The van der Waals surface area contributed by atoms with Crippen LogP contribution in [0.4, 0.5) is 10.5 Å². The fourth-order valence-electron chi connectivity index (χ4n) is 1.85. The van der Waals surface area contributed by atoms with Crippen molar-refractivity contribution in [2.45, 2.75) is 32.8 Å². The van der Waals surface area contributed by atoms with Crippen LogP contribution in [0.3, 0.4) is 0 Å². The SMILES string of the molecule is CC(C)(C)OC(=O)Nc1ccc(C2=NNC(C=O)=CC2)cc1. The summed E-state index contributed by atoms with van der Waals surface area (Å²) < 4.78 is 5.19. The van der Waals surface area contributed by atoms with Gasteiger partial charge in [0.2, 0.25) is 0 Å². The molecule has 22 heavy (non-hydrogen) atoms. The van der Waals surface area contributed by atoms with Gasteiger partial charge in [-0.25, -0.2) is 4.79 Å². The minimum absolute atomic E-state index is 0.465. The van der Waals surface area contributed by atoms with Crippen LogP contribution in [-0.2, 0) is 9.53 Å². The highest BCUT2D eigenvalue weighted by Gasteiger charge is 2.16. The Morgan fingerprint density at radius 1 is 1.32 bits per heavy atom. The quantitative estimate of drug-likeness (QED) is 0.841. The highest BCUT2D eigenvalue weighted by Crippen LogP contribution is 2.15. The number of anilines is 1. The molecule has 0 saturated heterocycles. The number of carbonyl (C=O) groups excluding carboxylic acids is 2. The van der Waals surface area contributed by atoms with Gasteiger partial charge in [0.05, 0.1) is 11.4 Å². The van der Waals surface area contributed by atoms with Crippen LogP contribution in [0.1, 0.15) is 32.8 Å². The molecule has 0 atom stereocenters. The normalized spacial score (nSPS) is 14.3. The van der Waals surface area contributed by atoms with Crippen LogP contribution in [0.2, 0.25) is 0 Å². The standard InChI is InChI=1S/C16H19N3O3/c1-16(2,3)22-15(21)17-12-6-4-11(5-7-12)14-9-8-13(10-20)18-19-14/h4-8,10,18H,9H2,1-3H3,(H,17,21). The zero-order chi connectivity index (χ0) is 16.2. The van der Waals surface area contributed by atoms with Gasteiger partial charge in [-0.15, -0.1) is 0 Å². The number of ether oxygens (including phenoxy) is 1. The number of hydrogen-bond donors (Lipinski definition) is 2. The lowest BCUT2D eigenvalue weighted by atomic mass is 10.1. The predicted octanol–water partition coefficient (Wildman–Crippen LogP) is 2.81. The summed E-state index contributed by atoms with van der Waals surface area (Å²) in [5, 5.41) is 6.82. The van der Waals surface area contributed by atoms with E-state index < -0.39 is 11.7 Å². The first kappa shape index (κ1) is 15.8. The number of carbonyl (C=O) groups is 2. The third-order valence-electron chi connectivity index (χ3n) is 2.83. The summed E-state index contributed by atoms with van der Waals surface area (Å²) in [7, 11) is 0. The molecular weight excluding hydrogens is 282 g/mol. The molecule has 0 aliphatic carbocycles. The maximum absolute atomic E-state index is 11.7. The van der Waals surface area contributed by atoms with Gasteiger partial charge in [0.15, 0.2) is 6.29 Å². The van der Waals surface area contributed by atoms with Crippen LogP contribution >= 0.6 is 0 Å². The van der Waals surface area contributed by atoms with E-state index in [0.29, 0.717) is 17.8 Å². The van der Waals surface area contributed by atoms with Gasteiger partial charge >= 0.3 is 6.09 Å². The van der Waals surface area contributed by atoms with Gasteiger partial charge in [0, 0.05) is 12.1 Å². The average molecular weight is 301 g/mol. The monoisotopic (exact) mass is 301 g/mol. The first-order chi connectivity index (χ1) is 10.4. The van der Waals surface area contributed by atoms with Crippen molar-refractivity contribution >= 4 is 23.8 Å². The summed E-state index contributed by atoms with van der Waals surface area (Å²) in [6.45, 7) is 5.43. The van der Waals surface area contributed by atoms with Crippen molar-refractivity contribution in [3.8, 4) is 0 Å². The molecule has 6 nitrogen and oxygen atoms in total. The molecule has 1 amide bonds. The second-order valence-electron chi connectivity index (χ2n) is 5.86. The molecule has 116 valence electrons. The Hall–Kier alpha value is -2.63. The number of rotatable bonds is 3. The first-order valence-corrected chi connectivity index (χ1v) is 6.96. The molecule has 0 bridgehead atoms. The van der Waals surface area contributed by atoms with E-state index in [1.165, 1.54) is 0 Å². The lowest BCUT2D eigenvalue weighted by Crippen LogP contribution is -2.27. The van der Waals surface area contributed by atoms with E-state index in [1.54, 1.807) is 18.2 Å². The minimum Gasteiger partial charge on any atom is -0.444 e. The second-order valence-corrected chi connectivity index (χ2v) is 5.86. The molecule has 0 spiro atoms. The maximum Gasteiger partial charge on any atom is 0.412 e. The molecule has 0 saturated carbocycles. The Bertz CT molecular complexity index is 625. The Morgan fingerprint density at radius 2 is 2.00 bits per heavy atom. The van der Waals surface area contributed by atoms with E-state index in [2.05, 4.69) is 15.8 Å². The van der Waals surface area contributed by atoms with E-state index in [-0.39, 0.29) is 0 Å². The maximum atomic E-state index is 11.7. The van der Waals surface area contributed by atoms with E-state index >= 15 is 0 Å². The molecule has 1 aliphatic heterocycles. The number of benzene rings is 1. The van der Waals surface area contributed by atoms with Crippen molar-refractivity contribution in [1.82, 2.24) is 5.43 Å². The van der Waals surface area contributed by atoms with Crippen molar-refractivity contribution in [2.75, 3.05) is 5.32 Å². The van der Waals surface area contributed by atoms with Crippen molar-refractivity contribution in [1.29, 1.82) is 0 Å². The third kappa shape index (κ3) is 4.44. The van der Waals surface area contributed by atoms with Crippen LogP contribution < -0.4 is 10.7 Å². The number of hydrogen-bond acceptors (Lipinski definition) is 5. The lowest BCUT2D eigenvalue weighted by molar-refractivity contribution is -0.105. The molecule has 1 heterocycles. The largest absolute Gasteiger partial charge is 0.444 e. The van der Waals surface area contributed by atoms with Gasteiger partial charge in [-0.3, -0.25) is 15.5 Å². The van der Waals surface area contributed by atoms with E-state index in [4.69, 9.17) is 4.74 Å². The van der Waals surface area contributed by atoms with Crippen molar-refractivity contribution in [3.05, 3.63) is 41.6 Å². The summed E-state index contributed by atoms with van der Waals surface area (Å²) in [4.78, 5) is 22.3. The summed E-state index contributed by atoms with van der Waals surface area (Å²) in [5.41, 5.74) is 5.01. The summed E-state index contributed by atoms with van der Waals surface area (Å²) in [5.74, 6) is 0. The third-order valence-corrected chi connectivity index (χ3v) is 2.83. The molecule has 0 fully saturated rings. The van der Waals surface area contributed by atoms with E-state index in [1.807, 2.05) is 32.9 Å². The number of nitrogens with one attached hydrogen (secondary N) is 2. The van der Waals surface area contributed by atoms with Crippen LogP contribution in [0.15, 0.2) is 41.1 Å². The molecule has 0 radical (unpaired) electrons. The molecular formula is C16H19N3O3. The zero-order valence-electron chi connectivity index (χ0n) is 12.8. The highest BCUT2D eigenvalue weighted by molar-refractivity contribution is 6.03. The highest BCUT2D eigenvalue weighted by atomic mass is 16.6. The molecule has 2 N–H and O–H groups in total. The van der Waals surface area contributed by atoms with E-state index in [0.717, 1.165) is 17.6 Å². The second kappa shape index (κ2) is 6.43. The van der Waals surface area contributed by atoms with Gasteiger partial charge in [-0.05, 0) is 44.5 Å². The number of aldehydes is 1. The van der Waals surface area contributed by atoms with Gasteiger partial charge in [-0.1, -0.05) is 12.1 Å². The van der Waals surface area contributed by atoms with Crippen LogP contribution in [-0.4, -0.2) is 23.7 Å². The summed E-state index contributed by atoms with van der Waals surface area (Å²) in [6.07, 6.45) is 2.60. The molecule has 6 heteroatoms. The molecule has 2 rings (SSSR count). The first-order valence-electron chi connectivity index (χ1n) is 6.96. The van der Waals surface area contributed by atoms with E-state index in [9.17, 15) is 9.59 Å². The van der Waals surface area contributed by atoms with Gasteiger partial charge in [0.25, 0.3) is 0 Å². The van der Waals surface area contributed by atoms with Crippen molar-refractivity contribution in [3.63, 3.8) is 0 Å². The number of allylic oxidation sites excluding steroid dienone is 2. The Labute approximate surface area is 129 Å². The lowest BCUT2D eigenvalue weighted by Gasteiger charge is -2.19. The fraction of sp³-hybridized carbons (Fsp3) is 0.312. The Balaban J connectivity index is 1.98. The van der Waals surface area contributed by atoms with Gasteiger partial charge in [-0.2, -0.15) is 5.10 Å². The zero-order valence-corrected chi connectivity index (χ0v) is 12.8. The Morgan fingerprint density at radius 3 is 2.50 bits per heavy atom. The topological polar surface area (TPSA) is 79.8 Å². The number of nitrogens with zero attached hydrogens (tertiary/aromatic N) is 1. The fourth-order valence-corrected chi connectivity index (χ4v) is 1.85. The number of amides is 1. The van der Waals surface area contributed by atoms with Crippen LogP contribution in [0.25, 0.3) is 0 Å². The van der Waals surface area contributed by atoms with Crippen molar-refractivity contribution in [2.24, 2.45) is 5.10 Å². The van der Waals surface area contributed by atoms with Gasteiger partial charge < -0.3 is 4.74 Å². The van der Waals surface area contributed by atoms with Crippen molar-refractivity contribution < 1.29 is 14.3 Å². The molecule has 1 aliphatic rings. The summed E-state index contributed by atoms with van der Waals surface area (Å²) in [6, 6.07) is 7.27. The Kier molecular flexibility index (Phi) is 4.60. The smallest absolute Gasteiger partial charge is 0.412 e. The molecule has 0 aromatic heterocycles. The minimum atomic E-state index is -0.533. The van der Waals surface area contributed by atoms with Gasteiger partial charge in [0.1, 0.15) is 5.60 Å².